The molecule has 112 valence electrons. The summed E-state index contributed by atoms with van der Waals surface area (Å²) in [6.07, 6.45) is 2.79. The zero-order valence-corrected chi connectivity index (χ0v) is 13.1. The number of benzene rings is 1. The number of hydrogen-bond acceptors (Lipinski definition) is 3. The molecule has 1 aliphatic rings. The number of allylic oxidation sites excluding steroid dienone is 1. The molecule has 1 aromatic carbocycles. The van der Waals surface area contributed by atoms with Gasteiger partial charge in [0.2, 0.25) is 0 Å². The van der Waals surface area contributed by atoms with Crippen molar-refractivity contribution >= 4 is 12.4 Å². The number of para-hydroxylation sites is 1. The van der Waals surface area contributed by atoms with Crippen molar-refractivity contribution in [1.82, 2.24) is 9.80 Å². The smallest absolute Gasteiger partial charge is 0.122 e. The minimum Gasteiger partial charge on any atom is -0.492 e. The van der Waals surface area contributed by atoms with Crippen LogP contribution in [0.25, 0.3) is 0 Å². The highest BCUT2D eigenvalue weighted by molar-refractivity contribution is 5.85. The van der Waals surface area contributed by atoms with E-state index in [1.54, 1.807) is 0 Å². The SMILES string of the molecule is C=CCc1ccccc1OCCN1CCN(C)CC1.Cl. The van der Waals surface area contributed by atoms with Crippen molar-refractivity contribution in [3.63, 3.8) is 0 Å². The summed E-state index contributed by atoms with van der Waals surface area (Å²) < 4.78 is 5.92. The van der Waals surface area contributed by atoms with Crippen LogP contribution in [0.5, 0.6) is 5.75 Å². The predicted molar refractivity (Wildman–Crippen MR) is 87.0 cm³/mol. The van der Waals surface area contributed by atoms with E-state index in [0.717, 1.165) is 51.5 Å². The van der Waals surface area contributed by atoms with Crippen LogP contribution >= 0.6 is 12.4 Å². The van der Waals surface area contributed by atoms with Gasteiger partial charge in [-0.1, -0.05) is 24.3 Å². The van der Waals surface area contributed by atoms with E-state index in [0.29, 0.717) is 0 Å². The molecule has 0 saturated carbocycles. The van der Waals surface area contributed by atoms with E-state index in [1.807, 2.05) is 24.3 Å². The molecule has 1 aliphatic heterocycles. The molecule has 0 atom stereocenters. The highest BCUT2D eigenvalue weighted by atomic mass is 35.5. The highest BCUT2D eigenvalue weighted by Crippen LogP contribution is 2.18. The Morgan fingerprint density at radius 1 is 1.20 bits per heavy atom. The Balaban J connectivity index is 0.00000200. The Morgan fingerprint density at radius 3 is 2.60 bits per heavy atom. The van der Waals surface area contributed by atoms with Crippen LogP contribution in [0.15, 0.2) is 36.9 Å². The molecular formula is C16H25ClN2O. The van der Waals surface area contributed by atoms with Gasteiger partial charge in [-0.25, -0.2) is 0 Å². The summed E-state index contributed by atoms with van der Waals surface area (Å²) in [4.78, 5) is 4.84. The minimum absolute atomic E-state index is 0. The number of ether oxygens (including phenoxy) is 1. The summed E-state index contributed by atoms with van der Waals surface area (Å²) in [5.41, 5.74) is 1.22. The molecule has 20 heavy (non-hydrogen) atoms. The molecule has 1 heterocycles. The number of rotatable bonds is 6. The van der Waals surface area contributed by atoms with Crippen molar-refractivity contribution < 1.29 is 4.74 Å². The second-order valence-corrected chi connectivity index (χ2v) is 5.09. The molecule has 3 nitrogen and oxygen atoms in total. The molecule has 0 bridgehead atoms. The predicted octanol–water partition coefficient (Wildman–Crippen LogP) is 2.46. The molecule has 0 radical (unpaired) electrons. The van der Waals surface area contributed by atoms with E-state index < -0.39 is 0 Å². The van der Waals surface area contributed by atoms with Gasteiger partial charge < -0.3 is 9.64 Å². The molecule has 4 heteroatoms. The van der Waals surface area contributed by atoms with E-state index >= 15 is 0 Å². The van der Waals surface area contributed by atoms with Gasteiger partial charge in [0.25, 0.3) is 0 Å². The van der Waals surface area contributed by atoms with Crippen LogP contribution in [0.3, 0.4) is 0 Å². The maximum Gasteiger partial charge on any atom is 0.122 e. The lowest BCUT2D eigenvalue weighted by Gasteiger charge is -2.32. The Morgan fingerprint density at radius 2 is 1.90 bits per heavy atom. The number of nitrogens with zero attached hydrogens (tertiary/aromatic N) is 2. The van der Waals surface area contributed by atoms with Crippen molar-refractivity contribution in [2.75, 3.05) is 46.4 Å². The summed E-state index contributed by atoms with van der Waals surface area (Å²) >= 11 is 0. The normalized spacial score (nSPS) is 16.4. The van der Waals surface area contributed by atoms with Gasteiger partial charge in [-0.05, 0) is 25.1 Å². The summed E-state index contributed by atoms with van der Waals surface area (Å²) in [6, 6.07) is 8.22. The molecule has 1 fully saturated rings. The number of hydrogen-bond donors (Lipinski definition) is 0. The van der Waals surface area contributed by atoms with Crippen LogP contribution < -0.4 is 4.74 Å². The Bertz CT molecular complexity index is 403. The molecular weight excluding hydrogens is 272 g/mol. The topological polar surface area (TPSA) is 15.7 Å². The van der Waals surface area contributed by atoms with Gasteiger partial charge in [0, 0.05) is 32.7 Å². The van der Waals surface area contributed by atoms with Crippen LogP contribution in [-0.2, 0) is 6.42 Å². The Kier molecular flexibility index (Phi) is 7.67. The van der Waals surface area contributed by atoms with Gasteiger partial charge in [0.15, 0.2) is 0 Å². The fourth-order valence-corrected chi connectivity index (χ4v) is 2.32. The first-order chi connectivity index (χ1) is 9.29. The van der Waals surface area contributed by atoms with E-state index in [1.165, 1.54) is 5.56 Å². The van der Waals surface area contributed by atoms with E-state index in [-0.39, 0.29) is 12.4 Å². The van der Waals surface area contributed by atoms with Crippen LogP contribution in [0, 0.1) is 0 Å². The summed E-state index contributed by atoms with van der Waals surface area (Å²) in [5, 5.41) is 0. The van der Waals surface area contributed by atoms with Gasteiger partial charge in [-0.3, -0.25) is 4.90 Å². The van der Waals surface area contributed by atoms with Gasteiger partial charge in [0.1, 0.15) is 12.4 Å². The quantitative estimate of drug-likeness (QED) is 0.750. The van der Waals surface area contributed by atoms with Crippen LogP contribution in [-0.4, -0.2) is 56.2 Å². The number of likely N-dealkylation sites (N-methyl/N-ethyl adjacent to an activating group) is 1. The largest absolute Gasteiger partial charge is 0.492 e. The zero-order chi connectivity index (χ0) is 13.5. The third-order valence-corrected chi connectivity index (χ3v) is 3.60. The summed E-state index contributed by atoms with van der Waals surface area (Å²) in [6.45, 7) is 10.2. The average molecular weight is 297 g/mol. The van der Waals surface area contributed by atoms with Crippen molar-refractivity contribution in [2.45, 2.75) is 6.42 Å². The minimum atomic E-state index is 0. The Hall–Kier alpha value is -1.03. The van der Waals surface area contributed by atoms with Crippen molar-refractivity contribution in [1.29, 1.82) is 0 Å². The molecule has 0 unspecified atom stereocenters. The maximum atomic E-state index is 5.92. The lowest BCUT2D eigenvalue weighted by atomic mass is 10.1. The lowest BCUT2D eigenvalue weighted by molar-refractivity contribution is 0.133. The van der Waals surface area contributed by atoms with Crippen molar-refractivity contribution in [2.24, 2.45) is 0 Å². The third-order valence-electron chi connectivity index (χ3n) is 3.60. The summed E-state index contributed by atoms with van der Waals surface area (Å²) in [7, 11) is 2.18. The van der Waals surface area contributed by atoms with Gasteiger partial charge in [-0.2, -0.15) is 0 Å². The molecule has 0 amide bonds. The van der Waals surface area contributed by atoms with Gasteiger partial charge in [0.05, 0.1) is 0 Å². The zero-order valence-electron chi connectivity index (χ0n) is 12.3. The summed E-state index contributed by atoms with van der Waals surface area (Å²) in [5.74, 6) is 0.997. The Labute approximate surface area is 128 Å². The fourth-order valence-electron chi connectivity index (χ4n) is 2.32. The van der Waals surface area contributed by atoms with E-state index in [2.05, 4.69) is 29.5 Å². The van der Waals surface area contributed by atoms with Crippen LogP contribution in [0.2, 0.25) is 0 Å². The third kappa shape index (κ3) is 5.16. The van der Waals surface area contributed by atoms with Gasteiger partial charge in [-0.15, -0.1) is 19.0 Å². The number of halogens is 1. The second kappa shape index (κ2) is 9.01. The van der Waals surface area contributed by atoms with Crippen LogP contribution in [0.1, 0.15) is 5.56 Å². The lowest BCUT2D eigenvalue weighted by Crippen LogP contribution is -2.45. The molecule has 0 N–H and O–H groups in total. The van der Waals surface area contributed by atoms with Crippen molar-refractivity contribution in [3.05, 3.63) is 42.5 Å². The first-order valence-corrected chi connectivity index (χ1v) is 7.02. The monoisotopic (exact) mass is 296 g/mol. The second-order valence-electron chi connectivity index (χ2n) is 5.09. The molecule has 1 aromatic rings. The first-order valence-electron chi connectivity index (χ1n) is 7.02. The molecule has 2 rings (SSSR count). The molecule has 0 spiro atoms. The number of piperazine rings is 1. The molecule has 0 aromatic heterocycles. The molecule has 0 aliphatic carbocycles. The first kappa shape index (κ1) is 17.0. The highest BCUT2D eigenvalue weighted by Gasteiger charge is 2.13. The molecule has 1 saturated heterocycles. The van der Waals surface area contributed by atoms with Crippen LogP contribution in [0.4, 0.5) is 0 Å². The standard InChI is InChI=1S/C16H24N2O.ClH/c1-3-6-15-7-4-5-8-16(15)19-14-13-18-11-9-17(2)10-12-18;/h3-5,7-8H,1,6,9-14H2,2H3;1H. The van der Waals surface area contributed by atoms with E-state index in [9.17, 15) is 0 Å². The van der Waals surface area contributed by atoms with Crippen molar-refractivity contribution in [3.8, 4) is 5.75 Å². The average Bonchev–Trinajstić information content (AvgIpc) is 2.43. The van der Waals surface area contributed by atoms with E-state index in [4.69, 9.17) is 4.74 Å². The van der Waals surface area contributed by atoms with Gasteiger partial charge >= 0.3 is 0 Å². The maximum absolute atomic E-state index is 5.92. The fraction of sp³-hybridized carbons (Fsp3) is 0.500.